The lowest BCUT2D eigenvalue weighted by molar-refractivity contribution is 0.637. The Morgan fingerprint density at radius 1 is 1.25 bits per heavy atom. The van der Waals surface area contributed by atoms with Crippen LogP contribution in [0.25, 0.3) is 10.9 Å². The molecule has 0 radical (unpaired) electrons. The molecule has 104 valence electrons. The van der Waals surface area contributed by atoms with Crippen LogP contribution in [0.5, 0.6) is 0 Å². The highest BCUT2D eigenvalue weighted by Gasteiger charge is 2.09. The van der Waals surface area contributed by atoms with Gasteiger partial charge in [-0.1, -0.05) is 25.1 Å². The van der Waals surface area contributed by atoms with E-state index in [0.29, 0.717) is 0 Å². The van der Waals surface area contributed by atoms with Crippen molar-refractivity contribution in [2.45, 2.75) is 26.4 Å². The Morgan fingerprint density at radius 3 is 2.95 bits per heavy atom. The third-order valence-corrected chi connectivity index (χ3v) is 4.10. The van der Waals surface area contributed by atoms with Gasteiger partial charge in [-0.25, -0.2) is 0 Å². The molecule has 0 unspecified atom stereocenters. The van der Waals surface area contributed by atoms with Crippen molar-refractivity contribution in [1.82, 2.24) is 15.1 Å². The van der Waals surface area contributed by atoms with Gasteiger partial charge in [-0.05, 0) is 41.4 Å². The van der Waals surface area contributed by atoms with Crippen LogP contribution in [0.3, 0.4) is 0 Å². The summed E-state index contributed by atoms with van der Waals surface area (Å²) >= 11 is 1.73. The Labute approximate surface area is 123 Å². The number of hydrogen-bond acceptors (Lipinski definition) is 3. The summed E-state index contributed by atoms with van der Waals surface area (Å²) in [6.07, 6.45) is 1.15. The molecule has 0 aliphatic rings. The SMILES string of the molecule is CCCNCc1nn(Cc2ccsc2)c2ccccc12. The van der Waals surface area contributed by atoms with E-state index in [2.05, 4.69) is 58.0 Å². The van der Waals surface area contributed by atoms with Gasteiger partial charge in [0, 0.05) is 11.9 Å². The third-order valence-electron chi connectivity index (χ3n) is 3.37. The molecule has 2 heterocycles. The fourth-order valence-electron chi connectivity index (χ4n) is 2.39. The van der Waals surface area contributed by atoms with Crippen LogP contribution < -0.4 is 5.32 Å². The van der Waals surface area contributed by atoms with Gasteiger partial charge in [0.1, 0.15) is 0 Å². The van der Waals surface area contributed by atoms with Crippen molar-refractivity contribution >= 4 is 22.2 Å². The van der Waals surface area contributed by atoms with Crippen molar-refractivity contribution in [3.8, 4) is 0 Å². The lowest BCUT2D eigenvalue weighted by Gasteiger charge is -2.01. The molecule has 0 atom stereocenters. The minimum atomic E-state index is 0.838. The van der Waals surface area contributed by atoms with Crippen molar-refractivity contribution in [3.63, 3.8) is 0 Å². The van der Waals surface area contributed by atoms with E-state index in [-0.39, 0.29) is 0 Å². The standard InChI is InChI=1S/C16H19N3S/c1-2-8-17-10-15-14-5-3-4-6-16(14)19(18-15)11-13-7-9-20-12-13/h3-7,9,12,17H,2,8,10-11H2,1H3. The van der Waals surface area contributed by atoms with Gasteiger partial charge in [-0.2, -0.15) is 16.4 Å². The predicted molar refractivity (Wildman–Crippen MR) is 85.2 cm³/mol. The van der Waals surface area contributed by atoms with Crippen molar-refractivity contribution < 1.29 is 0 Å². The first kappa shape index (κ1) is 13.3. The number of hydrogen-bond donors (Lipinski definition) is 1. The van der Waals surface area contributed by atoms with Crippen LogP contribution in [0.4, 0.5) is 0 Å². The van der Waals surface area contributed by atoms with Crippen molar-refractivity contribution in [3.05, 3.63) is 52.3 Å². The summed E-state index contributed by atoms with van der Waals surface area (Å²) < 4.78 is 2.11. The molecule has 3 nitrogen and oxygen atoms in total. The number of benzene rings is 1. The average molecular weight is 285 g/mol. The maximum Gasteiger partial charge on any atom is 0.0841 e. The monoisotopic (exact) mass is 285 g/mol. The Morgan fingerprint density at radius 2 is 2.15 bits per heavy atom. The quantitative estimate of drug-likeness (QED) is 0.701. The number of thiophene rings is 1. The molecule has 20 heavy (non-hydrogen) atoms. The van der Waals surface area contributed by atoms with E-state index in [9.17, 15) is 0 Å². The van der Waals surface area contributed by atoms with Crippen LogP contribution in [0.1, 0.15) is 24.6 Å². The number of aromatic nitrogens is 2. The van der Waals surface area contributed by atoms with Crippen molar-refractivity contribution in [1.29, 1.82) is 0 Å². The van der Waals surface area contributed by atoms with E-state index in [1.165, 1.54) is 16.5 Å². The lowest BCUT2D eigenvalue weighted by Crippen LogP contribution is -2.14. The zero-order valence-electron chi connectivity index (χ0n) is 11.7. The lowest BCUT2D eigenvalue weighted by atomic mass is 10.2. The molecule has 0 spiro atoms. The molecule has 0 amide bonds. The van der Waals surface area contributed by atoms with Gasteiger partial charge in [0.05, 0.1) is 17.8 Å². The molecule has 3 aromatic rings. The third kappa shape index (κ3) is 2.76. The average Bonchev–Trinajstić information content (AvgIpc) is 3.09. The molecular formula is C16H19N3S. The van der Waals surface area contributed by atoms with Gasteiger partial charge in [0.25, 0.3) is 0 Å². The molecule has 0 saturated heterocycles. The molecule has 1 N–H and O–H groups in total. The highest BCUT2D eigenvalue weighted by atomic mass is 32.1. The summed E-state index contributed by atoms with van der Waals surface area (Å²) in [6, 6.07) is 10.6. The zero-order valence-corrected chi connectivity index (χ0v) is 12.5. The summed E-state index contributed by atoms with van der Waals surface area (Å²) in [7, 11) is 0. The van der Waals surface area contributed by atoms with Crippen LogP contribution in [-0.2, 0) is 13.1 Å². The Kier molecular flexibility index (Phi) is 4.14. The molecule has 0 aliphatic carbocycles. The zero-order chi connectivity index (χ0) is 13.8. The minimum absolute atomic E-state index is 0.838. The van der Waals surface area contributed by atoms with Gasteiger partial charge < -0.3 is 5.32 Å². The van der Waals surface area contributed by atoms with E-state index in [0.717, 1.165) is 31.7 Å². The van der Waals surface area contributed by atoms with Crippen molar-refractivity contribution in [2.75, 3.05) is 6.54 Å². The summed E-state index contributed by atoms with van der Waals surface area (Å²) in [5.41, 5.74) is 3.67. The maximum absolute atomic E-state index is 4.79. The summed E-state index contributed by atoms with van der Waals surface area (Å²) in [5.74, 6) is 0. The highest BCUT2D eigenvalue weighted by molar-refractivity contribution is 7.07. The Balaban J connectivity index is 1.91. The second kappa shape index (κ2) is 6.20. The van der Waals surface area contributed by atoms with Crippen LogP contribution >= 0.6 is 11.3 Å². The molecule has 0 saturated carbocycles. The molecule has 1 aromatic carbocycles. The van der Waals surface area contributed by atoms with Crippen LogP contribution in [0.15, 0.2) is 41.1 Å². The largest absolute Gasteiger partial charge is 0.311 e. The number of nitrogens with zero attached hydrogens (tertiary/aromatic N) is 2. The van der Waals surface area contributed by atoms with Gasteiger partial charge in [0.15, 0.2) is 0 Å². The first-order chi connectivity index (χ1) is 9.88. The predicted octanol–water partition coefficient (Wildman–Crippen LogP) is 3.65. The molecule has 4 heteroatoms. The summed E-state index contributed by atoms with van der Waals surface area (Å²) in [6.45, 7) is 4.90. The molecular weight excluding hydrogens is 266 g/mol. The van der Waals surface area contributed by atoms with Crippen LogP contribution in [0.2, 0.25) is 0 Å². The highest BCUT2D eigenvalue weighted by Crippen LogP contribution is 2.20. The van der Waals surface area contributed by atoms with E-state index in [1.807, 2.05) is 0 Å². The fraction of sp³-hybridized carbons (Fsp3) is 0.312. The number of para-hydroxylation sites is 1. The molecule has 0 aliphatic heterocycles. The molecule has 2 aromatic heterocycles. The first-order valence-corrected chi connectivity index (χ1v) is 7.99. The van der Waals surface area contributed by atoms with Gasteiger partial charge in [-0.3, -0.25) is 4.68 Å². The minimum Gasteiger partial charge on any atom is -0.311 e. The molecule has 3 rings (SSSR count). The summed E-state index contributed by atoms with van der Waals surface area (Å²) in [5, 5.41) is 13.8. The van der Waals surface area contributed by atoms with Crippen molar-refractivity contribution in [2.24, 2.45) is 0 Å². The van der Waals surface area contributed by atoms with Gasteiger partial charge in [0.2, 0.25) is 0 Å². The van der Waals surface area contributed by atoms with E-state index in [1.54, 1.807) is 11.3 Å². The second-order valence-electron chi connectivity index (χ2n) is 4.93. The topological polar surface area (TPSA) is 29.9 Å². The first-order valence-electron chi connectivity index (χ1n) is 7.04. The van der Waals surface area contributed by atoms with Crippen LogP contribution in [0, 0.1) is 0 Å². The number of nitrogens with one attached hydrogen (secondary N) is 1. The van der Waals surface area contributed by atoms with E-state index in [4.69, 9.17) is 5.10 Å². The van der Waals surface area contributed by atoms with Gasteiger partial charge in [-0.15, -0.1) is 0 Å². The normalized spacial score (nSPS) is 11.2. The van der Waals surface area contributed by atoms with Crippen LogP contribution in [-0.4, -0.2) is 16.3 Å². The molecule has 0 fully saturated rings. The number of rotatable bonds is 6. The fourth-order valence-corrected chi connectivity index (χ4v) is 3.05. The van der Waals surface area contributed by atoms with Gasteiger partial charge >= 0.3 is 0 Å². The molecule has 0 bridgehead atoms. The second-order valence-corrected chi connectivity index (χ2v) is 5.71. The van der Waals surface area contributed by atoms with E-state index >= 15 is 0 Å². The van der Waals surface area contributed by atoms with E-state index < -0.39 is 0 Å². The smallest absolute Gasteiger partial charge is 0.0841 e. The Bertz CT molecular complexity index is 670. The summed E-state index contributed by atoms with van der Waals surface area (Å²) in [4.78, 5) is 0. The number of fused-ring (bicyclic) bond motifs is 1. The Hall–Kier alpha value is -1.65. The maximum atomic E-state index is 4.79.